The van der Waals surface area contributed by atoms with Crippen molar-refractivity contribution in [3.8, 4) is 17.2 Å². The number of morpholine rings is 1. The van der Waals surface area contributed by atoms with Crippen LogP contribution in [-0.2, 0) is 30.8 Å². The fourth-order valence-corrected chi connectivity index (χ4v) is 5.01. The van der Waals surface area contributed by atoms with E-state index in [1.54, 1.807) is 0 Å². The molecule has 0 amide bonds. The molecular weight excluding hydrogens is 470 g/mol. The van der Waals surface area contributed by atoms with Gasteiger partial charge in [-0.05, 0) is 35.9 Å². The van der Waals surface area contributed by atoms with Gasteiger partial charge in [0.25, 0.3) is 0 Å². The minimum absolute atomic E-state index is 0.0273. The second-order valence-corrected chi connectivity index (χ2v) is 9.88. The Morgan fingerprint density at radius 2 is 1.65 bits per heavy atom. The number of esters is 1. The van der Waals surface area contributed by atoms with Crippen LogP contribution in [0.2, 0.25) is 0 Å². The summed E-state index contributed by atoms with van der Waals surface area (Å²) >= 11 is 0. The van der Waals surface area contributed by atoms with E-state index in [0.29, 0.717) is 19.8 Å². The predicted molar refractivity (Wildman–Crippen MR) is 119 cm³/mol. The molecule has 34 heavy (non-hydrogen) atoms. The first-order valence-electron chi connectivity index (χ1n) is 10.3. The second-order valence-electron chi connectivity index (χ2n) is 7.82. The number of carbonyl (C=O) groups is 2. The van der Waals surface area contributed by atoms with Gasteiger partial charge in [-0.3, -0.25) is 4.90 Å². The number of carbonyl (C=O) groups excluding carboxylic acids is 1. The second kappa shape index (κ2) is 10.7. The van der Waals surface area contributed by atoms with E-state index in [4.69, 9.17) is 14.6 Å². The summed E-state index contributed by atoms with van der Waals surface area (Å²) in [6.07, 6.45) is 0. The summed E-state index contributed by atoms with van der Waals surface area (Å²) in [5.41, 5.74) is -0.858. The molecule has 0 bridgehead atoms. The third-order valence-electron chi connectivity index (χ3n) is 5.12. The molecule has 12 heteroatoms. The third-order valence-corrected chi connectivity index (χ3v) is 6.65. The van der Waals surface area contributed by atoms with Gasteiger partial charge in [-0.15, -0.1) is 0 Å². The predicted octanol–water partition coefficient (Wildman–Crippen LogP) is 1.11. The summed E-state index contributed by atoms with van der Waals surface area (Å²) < 4.78 is 35.9. The molecule has 2 aromatic carbocycles. The Morgan fingerprint density at radius 3 is 2.32 bits per heavy atom. The molecule has 11 nitrogen and oxygen atoms in total. The summed E-state index contributed by atoms with van der Waals surface area (Å²) in [5.74, 6) is -5.26. The highest BCUT2D eigenvalue weighted by molar-refractivity contribution is 7.89. The summed E-state index contributed by atoms with van der Waals surface area (Å²) in [6, 6.07) is 5.37. The molecule has 4 N–H and O–H groups in total. The van der Waals surface area contributed by atoms with Crippen LogP contribution in [0.15, 0.2) is 30.3 Å². The van der Waals surface area contributed by atoms with Gasteiger partial charge in [0.05, 0.1) is 30.3 Å². The highest BCUT2D eigenvalue weighted by atomic mass is 32.2. The van der Waals surface area contributed by atoms with Crippen LogP contribution in [0, 0.1) is 0 Å². The van der Waals surface area contributed by atoms with E-state index in [-0.39, 0.29) is 29.0 Å². The average Bonchev–Trinajstić information content (AvgIpc) is 2.75. The smallest absolute Gasteiger partial charge is 0.339 e. The van der Waals surface area contributed by atoms with Gasteiger partial charge in [-0.25, -0.2) is 18.0 Å². The van der Waals surface area contributed by atoms with Crippen LogP contribution in [0.4, 0.5) is 0 Å². The van der Waals surface area contributed by atoms with Crippen molar-refractivity contribution >= 4 is 21.8 Å². The van der Waals surface area contributed by atoms with E-state index in [1.807, 2.05) is 0 Å². The number of benzene rings is 2. The molecular formula is C22H25NO10S. The highest BCUT2D eigenvalue weighted by Gasteiger charge is 2.22. The number of hydrogen-bond acceptors (Lipinski definition) is 10. The van der Waals surface area contributed by atoms with Crippen LogP contribution in [-0.4, -0.2) is 85.1 Å². The van der Waals surface area contributed by atoms with Crippen LogP contribution in [0.5, 0.6) is 17.2 Å². The van der Waals surface area contributed by atoms with Gasteiger partial charge in [0.15, 0.2) is 9.84 Å². The minimum atomic E-state index is -4.01. The van der Waals surface area contributed by atoms with E-state index >= 15 is 0 Å². The zero-order chi connectivity index (χ0) is 24.9. The molecule has 0 atom stereocenters. The molecule has 1 heterocycles. The van der Waals surface area contributed by atoms with Crippen molar-refractivity contribution < 1.29 is 47.9 Å². The molecule has 0 aliphatic carbocycles. The maximum Gasteiger partial charge on any atom is 0.339 e. The van der Waals surface area contributed by atoms with Crippen LogP contribution in [0.1, 0.15) is 31.8 Å². The molecule has 0 unspecified atom stereocenters. The first kappa shape index (κ1) is 25.3. The largest absolute Gasteiger partial charge is 0.508 e. The van der Waals surface area contributed by atoms with Crippen LogP contribution in [0.3, 0.4) is 0 Å². The van der Waals surface area contributed by atoms with E-state index < -0.39 is 50.3 Å². The molecule has 3 rings (SSSR count). The number of carboxylic acids is 1. The Hall–Kier alpha value is -3.35. The van der Waals surface area contributed by atoms with Crippen molar-refractivity contribution in [3.05, 3.63) is 52.6 Å². The lowest BCUT2D eigenvalue weighted by molar-refractivity contribution is 0.0195. The molecule has 1 aliphatic heterocycles. The lowest BCUT2D eigenvalue weighted by Gasteiger charge is -2.26. The molecule has 1 saturated heterocycles. The van der Waals surface area contributed by atoms with Crippen molar-refractivity contribution in [2.75, 3.05) is 39.5 Å². The zero-order valence-electron chi connectivity index (χ0n) is 18.1. The molecule has 1 fully saturated rings. The van der Waals surface area contributed by atoms with Crippen LogP contribution >= 0.6 is 0 Å². The Morgan fingerprint density at radius 1 is 0.971 bits per heavy atom. The lowest BCUT2D eigenvalue weighted by Crippen LogP contribution is -2.38. The molecule has 0 radical (unpaired) electrons. The van der Waals surface area contributed by atoms with Gasteiger partial charge in [0.2, 0.25) is 0 Å². The summed E-state index contributed by atoms with van der Waals surface area (Å²) in [4.78, 5) is 25.6. The Bertz CT molecular complexity index is 1170. The first-order valence-corrected chi connectivity index (χ1v) is 12.1. The van der Waals surface area contributed by atoms with Crippen molar-refractivity contribution in [1.29, 1.82) is 0 Å². The maximum absolute atomic E-state index is 12.7. The average molecular weight is 496 g/mol. The minimum Gasteiger partial charge on any atom is -0.508 e. The highest BCUT2D eigenvalue weighted by Crippen LogP contribution is 2.30. The maximum atomic E-state index is 12.7. The number of phenolic OH excluding ortho intramolecular Hbond substituents is 2. The number of hydrogen-bond donors (Lipinski definition) is 4. The van der Waals surface area contributed by atoms with Gasteiger partial charge in [-0.2, -0.15) is 0 Å². The van der Waals surface area contributed by atoms with Crippen molar-refractivity contribution in [2.45, 2.75) is 11.5 Å². The first-order chi connectivity index (χ1) is 16.0. The van der Waals surface area contributed by atoms with Gasteiger partial charge in [0, 0.05) is 25.2 Å². The van der Waals surface area contributed by atoms with Gasteiger partial charge < -0.3 is 29.9 Å². The van der Waals surface area contributed by atoms with Crippen LogP contribution in [0.25, 0.3) is 0 Å². The number of sulfone groups is 1. The number of phenols is 3. The van der Waals surface area contributed by atoms with Crippen molar-refractivity contribution in [2.24, 2.45) is 0 Å². The fourth-order valence-electron chi connectivity index (χ4n) is 3.54. The monoisotopic (exact) mass is 495 g/mol. The summed E-state index contributed by atoms with van der Waals surface area (Å²) in [5, 5.41) is 38.8. The molecule has 0 spiro atoms. The number of carboxylic acid groups (broad SMARTS) is 1. The third kappa shape index (κ3) is 6.83. The zero-order valence-corrected chi connectivity index (χ0v) is 19.0. The fraction of sp³-hybridized carbons (Fsp3) is 0.364. The Kier molecular flexibility index (Phi) is 7.97. The number of aromatic carboxylic acids is 1. The molecule has 0 saturated carbocycles. The molecule has 0 aromatic heterocycles. The summed E-state index contributed by atoms with van der Waals surface area (Å²) in [7, 11) is -4.01. The van der Waals surface area contributed by atoms with E-state index in [0.717, 1.165) is 31.3 Å². The number of rotatable bonds is 9. The molecule has 184 valence electrons. The quantitative estimate of drug-likeness (QED) is 0.290. The van der Waals surface area contributed by atoms with Crippen molar-refractivity contribution in [1.82, 2.24) is 4.90 Å². The Balaban J connectivity index is 1.69. The number of aromatic hydroxyl groups is 3. The van der Waals surface area contributed by atoms with E-state index in [1.165, 1.54) is 12.1 Å². The molecule has 1 aliphatic rings. The van der Waals surface area contributed by atoms with Crippen LogP contribution < -0.4 is 0 Å². The normalized spacial score (nSPS) is 14.6. The van der Waals surface area contributed by atoms with Crippen molar-refractivity contribution in [3.63, 3.8) is 0 Å². The van der Waals surface area contributed by atoms with Gasteiger partial charge >= 0.3 is 11.9 Å². The lowest BCUT2D eigenvalue weighted by atomic mass is 10.1. The Labute approximate surface area is 195 Å². The number of nitrogens with zero attached hydrogens (tertiary/aromatic N) is 1. The topological polar surface area (TPSA) is 171 Å². The van der Waals surface area contributed by atoms with E-state index in [9.17, 15) is 33.3 Å². The standard InChI is InChI=1S/C22H25NO10S/c24-17-8-14(7-15(9-17)22(29)33-6-3-23-1-4-32-5-2-23)12-34(30,31)13-16-10-18(25)11-19(20(16)26)21(27)28/h7-11,24-26H,1-6,12-13H2,(H,27,28). The SMILES string of the molecule is O=C(OCCN1CCOCC1)c1cc(O)cc(CS(=O)(=O)Cc2cc(O)cc(C(=O)O)c2O)c1. The molecule has 2 aromatic rings. The summed E-state index contributed by atoms with van der Waals surface area (Å²) in [6.45, 7) is 3.31. The van der Waals surface area contributed by atoms with Gasteiger partial charge in [-0.1, -0.05) is 0 Å². The van der Waals surface area contributed by atoms with Gasteiger partial charge in [0.1, 0.15) is 29.4 Å². The van der Waals surface area contributed by atoms with E-state index in [2.05, 4.69) is 4.90 Å². The number of ether oxygens (including phenoxy) is 2.